The lowest BCUT2D eigenvalue weighted by Gasteiger charge is -2.31. The topological polar surface area (TPSA) is 56.1 Å². The predicted octanol–water partition coefficient (Wildman–Crippen LogP) is 4.53. The molecule has 0 radical (unpaired) electrons. The monoisotopic (exact) mass is 423 g/mol. The van der Waals surface area contributed by atoms with Gasteiger partial charge in [-0.25, -0.2) is 0 Å². The van der Waals surface area contributed by atoms with Crippen LogP contribution in [0.15, 0.2) is 41.6 Å². The minimum atomic E-state index is 0.265. The number of aromatic nitrogens is 4. The van der Waals surface area contributed by atoms with Crippen LogP contribution in [0.5, 0.6) is 0 Å². The van der Waals surface area contributed by atoms with Gasteiger partial charge in [-0.15, -0.1) is 10.2 Å². The third kappa shape index (κ3) is 4.32. The molecule has 0 bridgehead atoms. The summed E-state index contributed by atoms with van der Waals surface area (Å²) in [5.74, 6) is 2.58. The normalized spacial score (nSPS) is 20.3. The summed E-state index contributed by atoms with van der Waals surface area (Å²) in [6.07, 6.45) is 4.96. The highest BCUT2D eigenvalue weighted by Gasteiger charge is 2.26. The van der Waals surface area contributed by atoms with Gasteiger partial charge in [0.25, 0.3) is 0 Å². The molecule has 3 aromatic rings. The quantitative estimate of drug-likeness (QED) is 0.543. The molecule has 1 unspecified atom stereocenters. The molecule has 6 nitrogen and oxygen atoms in total. The largest absolute Gasteiger partial charge is 0.376 e. The van der Waals surface area contributed by atoms with Gasteiger partial charge in [0.05, 0.1) is 23.9 Å². The summed E-state index contributed by atoms with van der Waals surface area (Å²) in [5.41, 5.74) is 2.11. The summed E-state index contributed by atoms with van der Waals surface area (Å²) >= 11 is 1.72. The smallest absolute Gasteiger partial charge is 0.228 e. The second-order valence-electron chi connectivity index (χ2n) is 8.48. The summed E-state index contributed by atoms with van der Waals surface area (Å²) < 4.78 is 8.22. The molecule has 5 rings (SSSR count). The standard InChI is InChI=1S/C23H29N5OS/c1-17-10-12-27(13-11-17)22-25-26-23(28(22)15-20-6-4-14-29-20)30-16-19-9-8-18-5-2-3-7-21(18)24-19/h2-3,5,7-9,17,20H,4,6,10-16H2,1H3. The zero-order valence-electron chi connectivity index (χ0n) is 17.5. The van der Waals surface area contributed by atoms with Crippen LogP contribution in [-0.4, -0.2) is 45.5 Å². The Balaban J connectivity index is 1.36. The van der Waals surface area contributed by atoms with Crippen LogP contribution in [0, 0.1) is 5.92 Å². The van der Waals surface area contributed by atoms with E-state index in [1.54, 1.807) is 11.8 Å². The molecule has 4 heterocycles. The highest BCUT2D eigenvalue weighted by atomic mass is 32.2. The van der Waals surface area contributed by atoms with Gasteiger partial charge in [-0.1, -0.05) is 43.0 Å². The Hall–Kier alpha value is -2.12. The molecule has 2 aliphatic rings. The van der Waals surface area contributed by atoms with Crippen LogP contribution in [0.2, 0.25) is 0 Å². The van der Waals surface area contributed by atoms with E-state index in [1.807, 2.05) is 6.07 Å². The first-order chi connectivity index (χ1) is 14.8. The summed E-state index contributed by atoms with van der Waals surface area (Å²) in [5, 5.41) is 11.3. The molecule has 0 amide bonds. The Kier molecular flexibility index (Phi) is 5.91. The molecule has 0 N–H and O–H groups in total. The number of benzene rings is 1. The van der Waals surface area contributed by atoms with E-state index >= 15 is 0 Å². The van der Waals surface area contributed by atoms with Gasteiger partial charge in [0.1, 0.15) is 0 Å². The van der Waals surface area contributed by atoms with Gasteiger partial charge >= 0.3 is 0 Å². The highest BCUT2D eigenvalue weighted by Crippen LogP contribution is 2.29. The average Bonchev–Trinajstić information content (AvgIpc) is 3.43. The molecule has 1 atom stereocenters. The van der Waals surface area contributed by atoms with E-state index in [-0.39, 0.29) is 6.10 Å². The molecule has 2 aromatic heterocycles. The molecular weight excluding hydrogens is 394 g/mol. The number of thioether (sulfide) groups is 1. The number of para-hydroxylation sites is 1. The number of hydrogen-bond acceptors (Lipinski definition) is 6. The van der Waals surface area contributed by atoms with Crippen molar-refractivity contribution in [3.05, 3.63) is 42.1 Å². The first-order valence-corrected chi connectivity index (χ1v) is 12.0. The number of hydrogen-bond donors (Lipinski definition) is 0. The van der Waals surface area contributed by atoms with Crippen molar-refractivity contribution in [1.82, 2.24) is 19.7 Å². The lowest BCUT2D eigenvalue weighted by atomic mass is 10.00. The van der Waals surface area contributed by atoms with Crippen molar-refractivity contribution in [3.8, 4) is 0 Å². The van der Waals surface area contributed by atoms with E-state index in [9.17, 15) is 0 Å². The number of nitrogens with zero attached hydrogens (tertiary/aromatic N) is 5. The van der Waals surface area contributed by atoms with E-state index in [0.717, 1.165) is 73.1 Å². The van der Waals surface area contributed by atoms with Crippen molar-refractivity contribution >= 4 is 28.6 Å². The molecule has 2 saturated heterocycles. The van der Waals surface area contributed by atoms with E-state index < -0.39 is 0 Å². The van der Waals surface area contributed by atoms with Gasteiger partial charge < -0.3 is 9.64 Å². The Bertz CT molecular complexity index is 992. The van der Waals surface area contributed by atoms with E-state index in [2.05, 4.69) is 56.9 Å². The molecule has 158 valence electrons. The summed E-state index contributed by atoms with van der Waals surface area (Å²) in [7, 11) is 0. The van der Waals surface area contributed by atoms with Crippen LogP contribution in [-0.2, 0) is 17.0 Å². The number of fused-ring (bicyclic) bond motifs is 1. The number of rotatable bonds is 6. The molecule has 2 fully saturated rings. The summed E-state index contributed by atoms with van der Waals surface area (Å²) in [6.45, 7) is 6.16. The zero-order chi connectivity index (χ0) is 20.3. The minimum absolute atomic E-state index is 0.265. The Morgan fingerprint density at radius 2 is 1.93 bits per heavy atom. The van der Waals surface area contributed by atoms with Gasteiger partial charge in [0.2, 0.25) is 5.95 Å². The number of piperidine rings is 1. The van der Waals surface area contributed by atoms with E-state index in [0.29, 0.717) is 0 Å². The molecule has 30 heavy (non-hydrogen) atoms. The van der Waals surface area contributed by atoms with Gasteiger partial charge in [-0.2, -0.15) is 0 Å². The third-order valence-electron chi connectivity index (χ3n) is 6.18. The highest BCUT2D eigenvalue weighted by molar-refractivity contribution is 7.98. The molecule has 0 aliphatic carbocycles. The molecule has 1 aromatic carbocycles. The van der Waals surface area contributed by atoms with E-state index in [4.69, 9.17) is 9.72 Å². The molecule has 0 spiro atoms. The van der Waals surface area contributed by atoms with Crippen LogP contribution in [0.3, 0.4) is 0 Å². The molecule has 2 aliphatic heterocycles. The lowest BCUT2D eigenvalue weighted by Crippen LogP contribution is -2.35. The van der Waals surface area contributed by atoms with Crippen LogP contribution in [0.1, 0.15) is 38.3 Å². The van der Waals surface area contributed by atoms with Gasteiger partial charge in [0, 0.05) is 30.8 Å². The van der Waals surface area contributed by atoms with Gasteiger partial charge in [0.15, 0.2) is 5.16 Å². The van der Waals surface area contributed by atoms with Crippen molar-refractivity contribution in [2.45, 2.75) is 56.2 Å². The Labute approximate surface area is 182 Å². The maximum absolute atomic E-state index is 5.94. The van der Waals surface area contributed by atoms with Crippen molar-refractivity contribution < 1.29 is 4.74 Å². The van der Waals surface area contributed by atoms with Crippen LogP contribution < -0.4 is 4.90 Å². The van der Waals surface area contributed by atoms with Crippen molar-refractivity contribution in [2.75, 3.05) is 24.6 Å². The maximum Gasteiger partial charge on any atom is 0.228 e. The zero-order valence-corrected chi connectivity index (χ0v) is 18.4. The lowest BCUT2D eigenvalue weighted by molar-refractivity contribution is 0.0951. The molecule has 7 heteroatoms. The van der Waals surface area contributed by atoms with E-state index in [1.165, 1.54) is 18.2 Å². The first kappa shape index (κ1) is 19.8. The SMILES string of the molecule is CC1CCN(c2nnc(SCc3ccc4ccccc4n3)n2CC2CCCO2)CC1. The van der Waals surface area contributed by atoms with Crippen LogP contribution in [0.25, 0.3) is 10.9 Å². The van der Waals surface area contributed by atoms with Crippen LogP contribution in [0.4, 0.5) is 5.95 Å². The van der Waals surface area contributed by atoms with Gasteiger partial charge in [-0.3, -0.25) is 9.55 Å². The second kappa shape index (κ2) is 8.94. The number of anilines is 1. The molecular formula is C23H29N5OS. The fourth-order valence-corrected chi connectivity index (χ4v) is 5.16. The Morgan fingerprint density at radius 1 is 1.07 bits per heavy atom. The van der Waals surface area contributed by atoms with Crippen LogP contribution >= 0.6 is 11.8 Å². The fourth-order valence-electron chi connectivity index (χ4n) is 4.31. The predicted molar refractivity (Wildman–Crippen MR) is 121 cm³/mol. The van der Waals surface area contributed by atoms with Crippen molar-refractivity contribution in [3.63, 3.8) is 0 Å². The van der Waals surface area contributed by atoms with Crippen molar-refractivity contribution in [1.29, 1.82) is 0 Å². The maximum atomic E-state index is 5.94. The second-order valence-corrected chi connectivity index (χ2v) is 9.42. The Morgan fingerprint density at radius 3 is 2.77 bits per heavy atom. The fraction of sp³-hybridized carbons (Fsp3) is 0.522. The average molecular weight is 424 g/mol. The third-order valence-corrected chi connectivity index (χ3v) is 7.18. The summed E-state index contributed by atoms with van der Waals surface area (Å²) in [4.78, 5) is 7.22. The van der Waals surface area contributed by atoms with Gasteiger partial charge in [-0.05, 0) is 43.7 Å². The number of pyridine rings is 1. The molecule has 0 saturated carbocycles. The van der Waals surface area contributed by atoms with Crippen molar-refractivity contribution in [2.24, 2.45) is 5.92 Å². The summed E-state index contributed by atoms with van der Waals surface area (Å²) in [6, 6.07) is 12.5. The minimum Gasteiger partial charge on any atom is -0.376 e. The number of ether oxygens (including phenoxy) is 1. The first-order valence-electron chi connectivity index (χ1n) is 11.0.